The predicted octanol–water partition coefficient (Wildman–Crippen LogP) is 8.37. The van der Waals surface area contributed by atoms with Crippen LogP contribution in [0.25, 0.3) is 21.5 Å². The highest BCUT2D eigenvalue weighted by Gasteiger charge is 2.55. The Labute approximate surface area is 310 Å². The number of amides is 1. The number of aliphatic hydroxyl groups is 1. The number of rotatable bonds is 12. The van der Waals surface area contributed by atoms with Gasteiger partial charge in [-0.25, -0.2) is 40.7 Å². The molecule has 2 aromatic carbocycles. The Hall–Kier alpha value is -5.04. The summed E-state index contributed by atoms with van der Waals surface area (Å²) in [4.78, 5) is 35.1. The van der Waals surface area contributed by atoms with Gasteiger partial charge in [-0.2, -0.15) is 13.9 Å². The molecule has 0 saturated carbocycles. The third kappa shape index (κ3) is 8.46. The van der Waals surface area contributed by atoms with Crippen LogP contribution in [0.1, 0.15) is 84.6 Å². The van der Waals surface area contributed by atoms with E-state index >= 15 is 8.78 Å². The van der Waals surface area contributed by atoms with Gasteiger partial charge in [0, 0.05) is 31.0 Å². The van der Waals surface area contributed by atoms with E-state index in [1.54, 1.807) is 13.8 Å². The van der Waals surface area contributed by atoms with Gasteiger partial charge in [0.15, 0.2) is 16.6 Å². The summed E-state index contributed by atoms with van der Waals surface area (Å²) in [7, 11) is 0. The molecule has 292 valence electrons. The number of Topliss-reactive ketones (excluding diaryl/α,β-unsaturated/α-hetero) is 1. The minimum atomic E-state index is -4.10. The number of benzene rings is 2. The minimum absolute atomic E-state index is 0.0485. The number of aromatic nitrogens is 4. The minimum Gasteiger partial charge on any atom is -0.389 e. The number of nitrogens with one attached hydrogen (secondary N) is 2. The lowest BCUT2D eigenvalue weighted by Crippen LogP contribution is -2.37. The topological polar surface area (TPSA) is 122 Å². The van der Waals surface area contributed by atoms with Crippen molar-refractivity contribution in [2.45, 2.75) is 76.5 Å². The second-order valence-electron chi connectivity index (χ2n) is 13.8. The first-order valence-corrected chi connectivity index (χ1v) is 17.4. The van der Waals surface area contributed by atoms with Gasteiger partial charge in [0.25, 0.3) is 18.3 Å². The van der Waals surface area contributed by atoms with Crippen LogP contribution in [0.5, 0.6) is 0 Å². The lowest BCUT2D eigenvalue weighted by molar-refractivity contribution is -0.123. The highest BCUT2D eigenvalue weighted by atomic mass is 32.1. The number of pyridine rings is 1. The van der Waals surface area contributed by atoms with Gasteiger partial charge in [-0.1, -0.05) is 17.4 Å². The highest BCUT2D eigenvalue weighted by Crippen LogP contribution is 2.52. The van der Waals surface area contributed by atoms with Crippen LogP contribution in [0, 0.1) is 17.5 Å². The average Bonchev–Trinajstić information content (AvgIpc) is 3.67. The van der Waals surface area contributed by atoms with Gasteiger partial charge in [0.1, 0.15) is 35.4 Å². The molecule has 0 aliphatic heterocycles. The van der Waals surface area contributed by atoms with Gasteiger partial charge in [0.2, 0.25) is 5.91 Å². The van der Waals surface area contributed by atoms with Gasteiger partial charge in [-0.15, -0.1) is 0 Å². The molecule has 0 radical (unpaired) electrons. The number of hydrogen-bond acceptors (Lipinski definition) is 8. The van der Waals surface area contributed by atoms with Crippen LogP contribution in [0.15, 0.2) is 42.5 Å². The molecule has 3 aromatic heterocycles. The fourth-order valence-electron chi connectivity index (χ4n) is 6.30. The molecule has 0 saturated heterocycles. The number of carbonyl (C=O) groups is 2. The van der Waals surface area contributed by atoms with Crippen molar-refractivity contribution in [3.8, 4) is 11.1 Å². The normalized spacial score (nSPS) is 15.6. The van der Waals surface area contributed by atoms with Crippen LogP contribution in [0.2, 0.25) is 0 Å². The van der Waals surface area contributed by atoms with E-state index in [-0.39, 0.29) is 44.8 Å². The molecule has 0 bridgehead atoms. The van der Waals surface area contributed by atoms with Gasteiger partial charge in [0.05, 0.1) is 33.2 Å². The number of fused-ring (bicyclic) bond motifs is 2. The highest BCUT2D eigenvalue weighted by molar-refractivity contribution is 7.22. The summed E-state index contributed by atoms with van der Waals surface area (Å²) >= 11 is 1.09. The van der Waals surface area contributed by atoms with Gasteiger partial charge in [-0.3, -0.25) is 14.3 Å². The van der Waals surface area contributed by atoms with Crippen LogP contribution < -0.4 is 10.6 Å². The van der Waals surface area contributed by atoms with E-state index in [9.17, 15) is 45.4 Å². The molecule has 1 aliphatic carbocycles. The van der Waals surface area contributed by atoms with Crippen LogP contribution in [0.4, 0.5) is 44.6 Å². The molecule has 0 fully saturated rings. The first kappa shape index (κ1) is 39.6. The standard InChI is InChI=1S/C36H31F9N6O3S/c1-16(52)21-11-18(4-5-23(21)39)22-13-25-32(49-33(55-25)46-15-34(2,3)54)48-28(22)24(10-17-8-19(37)12-20(38)9-17)47-26(53)14-51-30-27(29(50-51)31(40)41)35(42,43)6-7-36(30,44)45/h4-5,8-9,11-13,24,31,54H,6-7,10,14-15H2,1-3H3,(H,47,53)(H,46,48,49)/t24-/m0/s1. The third-order valence-corrected chi connectivity index (χ3v) is 9.66. The lowest BCUT2D eigenvalue weighted by atomic mass is 9.89. The molecule has 9 nitrogen and oxygen atoms in total. The van der Waals surface area contributed by atoms with Crippen molar-refractivity contribution in [2.75, 3.05) is 11.9 Å². The second kappa shape index (κ2) is 14.6. The maximum atomic E-state index is 15.1. The Bertz CT molecular complexity index is 2280. The van der Waals surface area contributed by atoms with Crippen LogP contribution in [0.3, 0.4) is 0 Å². The number of nitrogens with zero attached hydrogens (tertiary/aromatic N) is 4. The lowest BCUT2D eigenvalue weighted by Gasteiger charge is -2.29. The van der Waals surface area contributed by atoms with Crippen molar-refractivity contribution in [3.63, 3.8) is 0 Å². The van der Waals surface area contributed by atoms with Gasteiger partial charge >= 0.3 is 0 Å². The number of halogens is 9. The number of ketones is 1. The fourth-order valence-corrected chi connectivity index (χ4v) is 7.14. The van der Waals surface area contributed by atoms with Crippen molar-refractivity contribution in [3.05, 3.63) is 93.7 Å². The molecule has 1 aliphatic rings. The summed E-state index contributed by atoms with van der Waals surface area (Å²) in [5, 5.41) is 19.3. The number of carbonyl (C=O) groups excluding carboxylic acids is 2. The van der Waals surface area contributed by atoms with Crippen molar-refractivity contribution in [1.29, 1.82) is 0 Å². The molecular weight excluding hydrogens is 767 g/mol. The van der Waals surface area contributed by atoms with Crippen molar-refractivity contribution in [2.24, 2.45) is 0 Å². The van der Waals surface area contributed by atoms with Crippen molar-refractivity contribution < 1.29 is 54.2 Å². The molecule has 3 N–H and O–H groups in total. The monoisotopic (exact) mass is 798 g/mol. The maximum Gasteiger partial charge on any atom is 0.290 e. The smallest absolute Gasteiger partial charge is 0.290 e. The Morgan fingerprint density at radius 1 is 0.964 bits per heavy atom. The zero-order chi connectivity index (χ0) is 40.2. The molecule has 0 unspecified atom stereocenters. The molecule has 19 heteroatoms. The summed E-state index contributed by atoms with van der Waals surface area (Å²) in [6.45, 7) is 3.02. The first-order valence-electron chi connectivity index (χ1n) is 16.6. The first-order chi connectivity index (χ1) is 25.6. The van der Waals surface area contributed by atoms with Crippen molar-refractivity contribution >= 4 is 38.5 Å². The summed E-state index contributed by atoms with van der Waals surface area (Å²) in [5.41, 5.74) is -6.03. The van der Waals surface area contributed by atoms with Gasteiger partial charge < -0.3 is 15.7 Å². The van der Waals surface area contributed by atoms with Gasteiger partial charge in [-0.05, 0) is 68.7 Å². The molecule has 1 atom stereocenters. The Balaban J connectivity index is 1.49. The Morgan fingerprint density at radius 3 is 2.27 bits per heavy atom. The van der Waals surface area contributed by atoms with E-state index < -0.39 is 102 Å². The van der Waals surface area contributed by atoms with Crippen LogP contribution in [-0.4, -0.2) is 48.7 Å². The second-order valence-corrected chi connectivity index (χ2v) is 14.8. The molecule has 3 heterocycles. The summed E-state index contributed by atoms with van der Waals surface area (Å²) in [5.74, 6) is -12.9. The van der Waals surface area contributed by atoms with E-state index in [0.717, 1.165) is 36.5 Å². The number of alkyl halides is 6. The molecule has 55 heavy (non-hydrogen) atoms. The molecule has 1 amide bonds. The predicted molar refractivity (Wildman–Crippen MR) is 183 cm³/mol. The van der Waals surface area contributed by atoms with E-state index in [1.807, 2.05) is 0 Å². The van der Waals surface area contributed by atoms with E-state index in [4.69, 9.17) is 0 Å². The average molecular weight is 799 g/mol. The largest absolute Gasteiger partial charge is 0.389 e. The SMILES string of the molecule is CC(=O)c1cc(-c2cc3sc(NCC(C)(C)O)nc3nc2[C@H](Cc2cc(F)cc(F)c2)NC(=O)Cn2nc(C(F)F)c3c2C(F)(F)CCC3(F)F)ccc1F. The molecule has 5 aromatic rings. The third-order valence-electron chi connectivity index (χ3n) is 8.71. The fraction of sp³-hybridized carbons (Fsp3) is 0.361. The zero-order valence-electron chi connectivity index (χ0n) is 29.1. The quantitative estimate of drug-likeness (QED) is 0.0857. The number of thiazole rings is 1. The molecule has 0 spiro atoms. The van der Waals surface area contributed by atoms with E-state index in [1.165, 1.54) is 18.2 Å². The summed E-state index contributed by atoms with van der Waals surface area (Å²) < 4.78 is 132. The van der Waals surface area contributed by atoms with E-state index in [2.05, 4.69) is 25.7 Å². The maximum absolute atomic E-state index is 15.1. The Kier molecular flexibility index (Phi) is 10.5. The molecule has 6 rings (SSSR count). The zero-order valence-corrected chi connectivity index (χ0v) is 29.9. The van der Waals surface area contributed by atoms with Crippen LogP contribution >= 0.6 is 11.3 Å². The molecular formula is C36H31F9N6O3S. The van der Waals surface area contributed by atoms with E-state index in [0.29, 0.717) is 15.9 Å². The van der Waals surface area contributed by atoms with Crippen LogP contribution in [-0.2, 0) is 29.6 Å². The van der Waals surface area contributed by atoms with Crippen molar-refractivity contribution in [1.82, 2.24) is 25.1 Å². The summed E-state index contributed by atoms with van der Waals surface area (Å²) in [6, 6.07) is 6.08. The Morgan fingerprint density at radius 2 is 1.64 bits per heavy atom. The number of anilines is 1. The summed E-state index contributed by atoms with van der Waals surface area (Å²) in [6.07, 6.45) is -6.99. The number of hydrogen-bond donors (Lipinski definition) is 3.